The number of ether oxygens (including phenoxy) is 1. The third kappa shape index (κ3) is 3.01. The monoisotopic (exact) mass is 239 g/mol. The largest absolute Gasteiger partial charge is 0.457 e. The lowest BCUT2D eigenvalue weighted by atomic mass is 10.3. The molecule has 90 valence electrons. The van der Waals surface area contributed by atoms with Gasteiger partial charge in [-0.05, 0) is 55.2 Å². The van der Waals surface area contributed by atoms with E-state index in [-0.39, 0.29) is 0 Å². The second-order valence-corrected chi connectivity index (χ2v) is 3.55. The molecular formula is C14H13N3O. The van der Waals surface area contributed by atoms with Crippen LogP contribution in [0.3, 0.4) is 0 Å². The van der Waals surface area contributed by atoms with Crippen LogP contribution in [0.25, 0.3) is 0 Å². The quantitative estimate of drug-likeness (QED) is 0.571. The smallest absolute Gasteiger partial charge is 0.127 e. The van der Waals surface area contributed by atoms with E-state index in [0.29, 0.717) is 0 Å². The van der Waals surface area contributed by atoms with Crippen molar-refractivity contribution in [3.8, 4) is 11.5 Å². The number of benzene rings is 2. The average molecular weight is 239 g/mol. The van der Waals surface area contributed by atoms with Crippen LogP contribution in [0.2, 0.25) is 0 Å². The van der Waals surface area contributed by atoms with Gasteiger partial charge in [-0.25, -0.2) is 0 Å². The summed E-state index contributed by atoms with van der Waals surface area (Å²) in [6.45, 7) is 3.46. The molecule has 0 fully saturated rings. The number of rotatable bonds is 4. The van der Waals surface area contributed by atoms with Gasteiger partial charge in [-0.2, -0.15) is 10.2 Å². The van der Waals surface area contributed by atoms with Gasteiger partial charge >= 0.3 is 0 Å². The van der Waals surface area contributed by atoms with E-state index in [0.717, 1.165) is 22.9 Å². The molecule has 0 radical (unpaired) electrons. The van der Waals surface area contributed by atoms with Crippen molar-refractivity contribution in [2.24, 2.45) is 15.2 Å². The van der Waals surface area contributed by atoms with E-state index in [1.807, 2.05) is 48.5 Å². The summed E-state index contributed by atoms with van der Waals surface area (Å²) < 4.78 is 5.68. The first-order valence-corrected chi connectivity index (χ1v) is 5.46. The van der Waals surface area contributed by atoms with Gasteiger partial charge in [0.15, 0.2) is 0 Å². The number of azo groups is 1. The fourth-order valence-electron chi connectivity index (χ4n) is 1.45. The first kappa shape index (κ1) is 12.0. The lowest BCUT2D eigenvalue weighted by Gasteiger charge is -2.05. The third-order valence-corrected chi connectivity index (χ3v) is 2.31. The molecule has 0 bridgehead atoms. The molecule has 0 aliphatic heterocycles. The number of hydrogen-bond acceptors (Lipinski definition) is 4. The van der Waals surface area contributed by atoms with Crippen LogP contribution < -0.4 is 4.74 Å². The Morgan fingerprint density at radius 3 is 1.78 bits per heavy atom. The van der Waals surface area contributed by atoms with Crippen LogP contribution in [-0.2, 0) is 0 Å². The van der Waals surface area contributed by atoms with Gasteiger partial charge in [0.25, 0.3) is 0 Å². The SMILES string of the molecule is C=Nc1ccc(Oc2ccc(N=NC)cc2)cc1. The van der Waals surface area contributed by atoms with Crippen LogP contribution in [0.15, 0.2) is 63.8 Å². The standard InChI is InChI=1S/C14H13N3O/c1-15-11-3-7-13(8-4-11)18-14-9-5-12(6-10-14)17-16-2/h3-10H,1H2,2H3. The number of nitrogens with zero attached hydrogens (tertiary/aromatic N) is 3. The van der Waals surface area contributed by atoms with Crippen molar-refractivity contribution in [3.05, 3.63) is 48.5 Å². The highest BCUT2D eigenvalue weighted by atomic mass is 16.5. The Kier molecular flexibility index (Phi) is 3.81. The first-order valence-electron chi connectivity index (χ1n) is 5.46. The zero-order valence-corrected chi connectivity index (χ0v) is 10.1. The fraction of sp³-hybridized carbons (Fsp3) is 0.0714. The van der Waals surface area contributed by atoms with Crippen molar-refractivity contribution >= 4 is 18.1 Å². The molecule has 0 unspecified atom stereocenters. The number of aliphatic imine (C=N–C) groups is 1. The highest BCUT2D eigenvalue weighted by molar-refractivity contribution is 5.48. The Morgan fingerprint density at radius 1 is 0.833 bits per heavy atom. The van der Waals surface area contributed by atoms with Crippen molar-refractivity contribution in [1.82, 2.24) is 0 Å². The Balaban J connectivity index is 2.10. The van der Waals surface area contributed by atoms with Gasteiger partial charge in [-0.3, -0.25) is 4.99 Å². The summed E-state index contributed by atoms with van der Waals surface area (Å²) in [6.07, 6.45) is 0. The topological polar surface area (TPSA) is 46.3 Å². The molecule has 0 aliphatic rings. The molecule has 2 aromatic rings. The average Bonchev–Trinajstić information content (AvgIpc) is 2.42. The van der Waals surface area contributed by atoms with Crippen LogP contribution in [0, 0.1) is 0 Å². The lowest BCUT2D eigenvalue weighted by molar-refractivity contribution is 0.483. The maximum absolute atomic E-state index is 5.68. The zero-order chi connectivity index (χ0) is 12.8. The van der Waals surface area contributed by atoms with Crippen molar-refractivity contribution < 1.29 is 4.74 Å². The minimum absolute atomic E-state index is 0.754. The fourth-order valence-corrected chi connectivity index (χ4v) is 1.45. The predicted octanol–water partition coefficient (Wildman–Crippen LogP) is 4.52. The molecule has 4 heteroatoms. The molecule has 0 amide bonds. The van der Waals surface area contributed by atoms with Gasteiger partial charge in [-0.1, -0.05) is 0 Å². The van der Waals surface area contributed by atoms with Gasteiger partial charge in [-0.15, -0.1) is 0 Å². The van der Waals surface area contributed by atoms with Gasteiger partial charge in [0.2, 0.25) is 0 Å². The second-order valence-electron chi connectivity index (χ2n) is 3.55. The van der Waals surface area contributed by atoms with E-state index in [9.17, 15) is 0 Å². The van der Waals surface area contributed by atoms with Gasteiger partial charge in [0.1, 0.15) is 11.5 Å². The molecular weight excluding hydrogens is 226 g/mol. The van der Waals surface area contributed by atoms with E-state index in [2.05, 4.69) is 21.9 Å². The summed E-state index contributed by atoms with van der Waals surface area (Å²) in [5, 5.41) is 7.63. The number of hydrogen-bond donors (Lipinski definition) is 0. The minimum Gasteiger partial charge on any atom is -0.457 e. The summed E-state index contributed by atoms with van der Waals surface area (Å²) in [5.41, 5.74) is 1.62. The van der Waals surface area contributed by atoms with Gasteiger partial charge in [0, 0.05) is 7.05 Å². The Hall–Kier alpha value is -2.49. The van der Waals surface area contributed by atoms with Crippen molar-refractivity contribution in [2.75, 3.05) is 7.05 Å². The van der Waals surface area contributed by atoms with Crippen molar-refractivity contribution in [1.29, 1.82) is 0 Å². The highest BCUT2D eigenvalue weighted by Gasteiger charge is 1.97. The summed E-state index contributed by atoms with van der Waals surface area (Å²) in [7, 11) is 1.64. The van der Waals surface area contributed by atoms with E-state index in [1.54, 1.807) is 7.05 Å². The maximum Gasteiger partial charge on any atom is 0.127 e. The normalized spacial score (nSPS) is 10.5. The predicted molar refractivity (Wildman–Crippen MR) is 72.6 cm³/mol. The molecule has 0 saturated heterocycles. The molecule has 0 aliphatic carbocycles. The van der Waals surface area contributed by atoms with Crippen LogP contribution in [0.5, 0.6) is 11.5 Å². The molecule has 4 nitrogen and oxygen atoms in total. The third-order valence-electron chi connectivity index (χ3n) is 2.31. The van der Waals surface area contributed by atoms with Crippen LogP contribution in [0.4, 0.5) is 11.4 Å². The van der Waals surface area contributed by atoms with Crippen LogP contribution in [-0.4, -0.2) is 13.8 Å². The van der Waals surface area contributed by atoms with Crippen LogP contribution in [0.1, 0.15) is 0 Å². The van der Waals surface area contributed by atoms with Crippen LogP contribution >= 0.6 is 0 Å². The Morgan fingerprint density at radius 2 is 1.33 bits per heavy atom. The van der Waals surface area contributed by atoms with E-state index in [4.69, 9.17) is 4.74 Å². The molecule has 2 aromatic carbocycles. The molecule has 0 aromatic heterocycles. The zero-order valence-electron chi connectivity index (χ0n) is 10.1. The highest BCUT2D eigenvalue weighted by Crippen LogP contribution is 2.25. The summed E-state index contributed by atoms with van der Waals surface area (Å²) in [4.78, 5) is 3.82. The van der Waals surface area contributed by atoms with E-state index < -0.39 is 0 Å². The molecule has 18 heavy (non-hydrogen) atoms. The maximum atomic E-state index is 5.68. The summed E-state index contributed by atoms with van der Waals surface area (Å²) >= 11 is 0. The molecule has 0 saturated carbocycles. The molecule has 0 heterocycles. The van der Waals surface area contributed by atoms with Crippen molar-refractivity contribution in [2.45, 2.75) is 0 Å². The minimum atomic E-state index is 0.754. The summed E-state index contributed by atoms with van der Waals surface area (Å²) in [6, 6.07) is 14.8. The Bertz CT molecular complexity index is 544. The van der Waals surface area contributed by atoms with Crippen molar-refractivity contribution in [3.63, 3.8) is 0 Å². The molecule has 0 spiro atoms. The first-order chi connectivity index (χ1) is 8.81. The Labute approximate surface area is 106 Å². The second kappa shape index (κ2) is 5.72. The van der Waals surface area contributed by atoms with E-state index in [1.165, 1.54) is 0 Å². The van der Waals surface area contributed by atoms with Gasteiger partial charge in [0.05, 0.1) is 11.4 Å². The molecule has 0 atom stereocenters. The van der Waals surface area contributed by atoms with Gasteiger partial charge < -0.3 is 4.74 Å². The molecule has 0 N–H and O–H groups in total. The molecule has 2 rings (SSSR count). The summed E-state index contributed by atoms with van der Waals surface area (Å²) in [5.74, 6) is 1.51. The lowest BCUT2D eigenvalue weighted by Crippen LogP contribution is -1.82. The van der Waals surface area contributed by atoms with E-state index >= 15 is 0 Å².